The number of benzene rings is 2. The van der Waals surface area contributed by atoms with E-state index in [2.05, 4.69) is 30.8 Å². The van der Waals surface area contributed by atoms with Gasteiger partial charge >= 0.3 is 12.2 Å². The molecule has 12 heteroatoms. The van der Waals surface area contributed by atoms with Gasteiger partial charge in [0.2, 0.25) is 0 Å². The molecule has 0 aliphatic carbocycles. The fourth-order valence-corrected chi connectivity index (χ4v) is 4.90. The highest BCUT2D eigenvalue weighted by atomic mass is 19.4. The Morgan fingerprint density at radius 1 is 0.907 bits per heavy atom. The lowest BCUT2D eigenvalue weighted by Gasteiger charge is -2.35. The van der Waals surface area contributed by atoms with Gasteiger partial charge in [-0.05, 0) is 69.4 Å². The largest absolute Gasteiger partial charge is 0.418 e. The minimum atomic E-state index is -4.58. The van der Waals surface area contributed by atoms with Gasteiger partial charge in [0.1, 0.15) is 5.52 Å². The summed E-state index contributed by atoms with van der Waals surface area (Å²) in [4.78, 5) is 38.3. The van der Waals surface area contributed by atoms with Crippen molar-refractivity contribution in [2.75, 3.05) is 48.8 Å². The summed E-state index contributed by atoms with van der Waals surface area (Å²) in [5.74, 6) is -0.262. The molecule has 4 aromatic rings. The second kappa shape index (κ2) is 12.3. The van der Waals surface area contributed by atoms with Crippen molar-refractivity contribution in [1.82, 2.24) is 20.2 Å². The lowest BCUT2D eigenvalue weighted by molar-refractivity contribution is -0.137. The summed E-state index contributed by atoms with van der Waals surface area (Å²) in [6.07, 6.45) is -2.97. The first-order valence-corrected chi connectivity index (χ1v) is 13.9. The van der Waals surface area contributed by atoms with E-state index in [1.54, 1.807) is 53.6 Å². The molecule has 1 aliphatic rings. The van der Waals surface area contributed by atoms with Gasteiger partial charge in [-0.25, -0.2) is 9.78 Å². The first-order valence-electron chi connectivity index (χ1n) is 13.9. The number of alkyl halides is 3. The molecule has 2 aromatic carbocycles. The topological polar surface area (TPSA) is 102 Å². The number of pyridine rings is 2. The standard InChI is InChI=1S/C31H32F3N7O2/c1-19(2)36-29(42)23-18-26(39-25-5-4-12-35-28(23)25)20-6-8-21(9-7-20)37-30(43)38-22-10-11-27(24(17-22)31(32,33)34)41-15-13-40(3)14-16-41/h4-12,17-19H,13-16H2,1-3H3,(H,36,42)(H2,37,38,43). The third-order valence-electron chi connectivity index (χ3n) is 7.07. The number of fused-ring (bicyclic) bond motifs is 1. The molecule has 3 heterocycles. The maximum Gasteiger partial charge on any atom is 0.418 e. The Kier molecular flexibility index (Phi) is 8.49. The lowest BCUT2D eigenvalue weighted by atomic mass is 10.1. The molecule has 0 unspecified atom stereocenters. The number of carbonyl (C=O) groups excluding carboxylic acids is 2. The summed E-state index contributed by atoms with van der Waals surface area (Å²) < 4.78 is 41.8. The van der Waals surface area contributed by atoms with Gasteiger partial charge in [-0.1, -0.05) is 12.1 Å². The first kappa shape index (κ1) is 29.8. The van der Waals surface area contributed by atoms with E-state index in [1.165, 1.54) is 12.1 Å². The monoisotopic (exact) mass is 591 g/mol. The Labute approximate surface area is 247 Å². The predicted octanol–water partition coefficient (Wildman–Crippen LogP) is 5.85. The number of rotatable bonds is 6. The number of hydrogen-bond acceptors (Lipinski definition) is 6. The molecule has 3 amide bonds. The van der Waals surface area contributed by atoms with Crippen molar-refractivity contribution in [2.24, 2.45) is 0 Å². The molecule has 3 N–H and O–H groups in total. The van der Waals surface area contributed by atoms with Crippen LogP contribution in [0, 0.1) is 0 Å². The minimum absolute atomic E-state index is 0.0282. The van der Waals surface area contributed by atoms with Crippen LogP contribution in [0.4, 0.5) is 35.0 Å². The van der Waals surface area contributed by atoms with Gasteiger partial charge in [0.25, 0.3) is 5.91 Å². The molecule has 1 aliphatic heterocycles. The highest BCUT2D eigenvalue weighted by Crippen LogP contribution is 2.38. The third kappa shape index (κ3) is 7.03. The van der Waals surface area contributed by atoms with E-state index in [1.807, 2.05) is 20.9 Å². The molecule has 2 aromatic heterocycles. The molecular formula is C31H32F3N7O2. The molecule has 224 valence electrons. The molecule has 1 saturated heterocycles. The Balaban J connectivity index is 1.31. The summed E-state index contributed by atoms with van der Waals surface area (Å²) >= 11 is 0. The molecule has 0 radical (unpaired) electrons. The number of halogens is 3. The van der Waals surface area contributed by atoms with Crippen LogP contribution in [0.2, 0.25) is 0 Å². The number of urea groups is 1. The number of aromatic nitrogens is 2. The van der Waals surface area contributed by atoms with E-state index in [4.69, 9.17) is 0 Å². The summed E-state index contributed by atoms with van der Waals surface area (Å²) in [7, 11) is 1.93. The molecule has 0 bridgehead atoms. The van der Waals surface area contributed by atoms with Crippen molar-refractivity contribution in [1.29, 1.82) is 0 Å². The van der Waals surface area contributed by atoms with Crippen LogP contribution in [0.3, 0.4) is 0 Å². The second-order valence-electron chi connectivity index (χ2n) is 10.7. The van der Waals surface area contributed by atoms with E-state index in [0.29, 0.717) is 59.7 Å². The van der Waals surface area contributed by atoms with Crippen molar-refractivity contribution in [3.8, 4) is 11.3 Å². The average molecular weight is 592 g/mol. The summed E-state index contributed by atoms with van der Waals surface area (Å²) in [6.45, 7) is 6.05. The SMILES string of the molecule is CC(C)NC(=O)c1cc(-c2ccc(NC(=O)Nc3ccc(N4CCN(C)CC4)c(C(F)(F)F)c3)cc2)nc2cccnc12. The van der Waals surface area contributed by atoms with Crippen LogP contribution in [-0.2, 0) is 6.18 Å². The fourth-order valence-electron chi connectivity index (χ4n) is 4.90. The van der Waals surface area contributed by atoms with Crippen molar-refractivity contribution >= 4 is 40.0 Å². The molecule has 0 saturated carbocycles. The quantitative estimate of drug-likeness (QED) is 0.260. The minimum Gasteiger partial charge on any atom is -0.368 e. The molecule has 0 spiro atoms. The van der Waals surface area contributed by atoms with E-state index in [-0.39, 0.29) is 23.3 Å². The van der Waals surface area contributed by atoms with Gasteiger partial charge in [0, 0.05) is 61.0 Å². The predicted molar refractivity (Wildman–Crippen MR) is 161 cm³/mol. The lowest BCUT2D eigenvalue weighted by Crippen LogP contribution is -2.45. The van der Waals surface area contributed by atoms with Gasteiger partial charge in [-0.3, -0.25) is 9.78 Å². The van der Waals surface area contributed by atoms with Crippen molar-refractivity contribution in [2.45, 2.75) is 26.1 Å². The maximum atomic E-state index is 13.9. The van der Waals surface area contributed by atoms with Crippen LogP contribution in [0.25, 0.3) is 22.3 Å². The Bertz CT molecular complexity index is 1630. The van der Waals surface area contributed by atoms with Crippen molar-refractivity contribution in [3.63, 3.8) is 0 Å². The second-order valence-corrected chi connectivity index (χ2v) is 10.7. The molecular weight excluding hydrogens is 559 g/mol. The number of nitrogens with one attached hydrogen (secondary N) is 3. The molecule has 0 atom stereocenters. The Morgan fingerprint density at radius 2 is 1.58 bits per heavy atom. The average Bonchev–Trinajstić information content (AvgIpc) is 2.96. The Hall–Kier alpha value is -4.71. The molecule has 5 rings (SSSR count). The number of anilines is 3. The summed E-state index contributed by atoms with van der Waals surface area (Å²) in [5.41, 5.74) is 2.45. The van der Waals surface area contributed by atoms with Gasteiger partial charge in [-0.15, -0.1) is 0 Å². The zero-order chi connectivity index (χ0) is 30.7. The van der Waals surface area contributed by atoms with Crippen LogP contribution in [0.15, 0.2) is 66.9 Å². The summed E-state index contributed by atoms with van der Waals surface area (Å²) in [5, 5.41) is 8.04. The van der Waals surface area contributed by atoms with Gasteiger partial charge in [-0.2, -0.15) is 13.2 Å². The highest BCUT2D eigenvalue weighted by molar-refractivity contribution is 6.06. The fraction of sp³-hybridized carbons (Fsp3) is 0.290. The molecule has 1 fully saturated rings. The van der Waals surface area contributed by atoms with E-state index in [9.17, 15) is 22.8 Å². The van der Waals surface area contributed by atoms with Crippen molar-refractivity contribution in [3.05, 3.63) is 78.0 Å². The molecule has 43 heavy (non-hydrogen) atoms. The molecule has 9 nitrogen and oxygen atoms in total. The van der Waals surface area contributed by atoms with E-state index >= 15 is 0 Å². The summed E-state index contributed by atoms with van der Waals surface area (Å²) in [6, 6.07) is 15.0. The number of nitrogens with zero attached hydrogens (tertiary/aromatic N) is 4. The number of likely N-dealkylation sites (N-methyl/N-ethyl adjacent to an activating group) is 1. The van der Waals surface area contributed by atoms with Crippen LogP contribution in [0.1, 0.15) is 29.8 Å². The van der Waals surface area contributed by atoms with Gasteiger partial charge in [0.05, 0.1) is 22.3 Å². The number of hydrogen-bond donors (Lipinski definition) is 3. The number of amides is 3. The smallest absolute Gasteiger partial charge is 0.368 e. The van der Waals surface area contributed by atoms with Gasteiger partial charge < -0.3 is 25.8 Å². The zero-order valence-corrected chi connectivity index (χ0v) is 24.0. The maximum absolute atomic E-state index is 13.9. The van der Waals surface area contributed by atoms with Crippen LogP contribution >= 0.6 is 0 Å². The van der Waals surface area contributed by atoms with Crippen molar-refractivity contribution < 1.29 is 22.8 Å². The van der Waals surface area contributed by atoms with Crippen LogP contribution in [0.5, 0.6) is 0 Å². The van der Waals surface area contributed by atoms with Crippen LogP contribution < -0.4 is 20.9 Å². The highest BCUT2D eigenvalue weighted by Gasteiger charge is 2.36. The Morgan fingerprint density at radius 3 is 2.26 bits per heavy atom. The number of carbonyl (C=O) groups is 2. The zero-order valence-electron chi connectivity index (χ0n) is 24.0. The first-order chi connectivity index (χ1) is 20.5. The van der Waals surface area contributed by atoms with E-state index < -0.39 is 17.8 Å². The normalized spacial score (nSPS) is 14.2. The van der Waals surface area contributed by atoms with Crippen LogP contribution in [-0.4, -0.2) is 66.1 Å². The van der Waals surface area contributed by atoms with E-state index in [0.717, 1.165) is 6.07 Å². The third-order valence-corrected chi connectivity index (χ3v) is 7.07. The van der Waals surface area contributed by atoms with Gasteiger partial charge in [0.15, 0.2) is 0 Å². The number of piperazine rings is 1.